The summed E-state index contributed by atoms with van der Waals surface area (Å²) < 4.78 is 19.1. The van der Waals surface area contributed by atoms with Gasteiger partial charge in [-0.15, -0.1) is 11.3 Å². The zero-order valence-corrected chi connectivity index (χ0v) is 13.3. The fourth-order valence-corrected chi connectivity index (χ4v) is 3.30. The summed E-state index contributed by atoms with van der Waals surface area (Å²) in [4.78, 5) is 2.06. The van der Waals surface area contributed by atoms with Crippen molar-refractivity contribution in [2.75, 3.05) is 7.11 Å². The van der Waals surface area contributed by atoms with Gasteiger partial charge in [0.15, 0.2) is 0 Å². The van der Waals surface area contributed by atoms with Crippen LogP contribution in [0.2, 0.25) is 0 Å². The number of ether oxygens (including phenoxy) is 1. The summed E-state index contributed by atoms with van der Waals surface area (Å²) in [5.41, 5.74) is 7.33. The standard InChI is InChI=1S/C18H15FN2OS/c1-22-13-5-2-11(3-6-13)16-8-9-17(23-16)12-4-7-14(18(20)21)15(19)10-12/h2-10H,1H3,(H3,20,21). The second-order valence-electron chi connectivity index (χ2n) is 5.00. The molecular formula is C18H15FN2OS. The lowest BCUT2D eigenvalue weighted by Gasteiger charge is -2.03. The average molecular weight is 326 g/mol. The highest BCUT2D eigenvalue weighted by Gasteiger charge is 2.10. The number of halogens is 1. The molecule has 3 rings (SSSR count). The average Bonchev–Trinajstić information content (AvgIpc) is 3.04. The Labute approximate surface area is 137 Å². The van der Waals surface area contributed by atoms with Gasteiger partial charge in [-0.05, 0) is 59.7 Å². The number of hydrogen-bond donors (Lipinski definition) is 2. The van der Waals surface area contributed by atoms with Crippen LogP contribution in [0.5, 0.6) is 5.75 Å². The van der Waals surface area contributed by atoms with Gasteiger partial charge in [0.05, 0.1) is 12.7 Å². The van der Waals surface area contributed by atoms with Crippen LogP contribution in [0.3, 0.4) is 0 Å². The van der Waals surface area contributed by atoms with E-state index in [0.717, 1.165) is 26.6 Å². The minimum atomic E-state index is -0.477. The zero-order valence-electron chi connectivity index (χ0n) is 12.5. The molecule has 0 saturated carbocycles. The second kappa shape index (κ2) is 6.22. The first-order chi connectivity index (χ1) is 11.1. The zero-order chi connectivity index (χ0) is 16.4. The quantitative estimate of drug-likeness (QED) is 0.547. The van der Waals surface area contributed by atoms with Crippen LogP contribution in [0.15, 0.2) is 54.6 Å². The molecule has 3 nitrogen and oxygen atoms in total. The SMILES string of the molecule is COc1ccc(-c2ccc(-c3ccc(C(=N)N)c(F)c3)s2)cc1. The van der Waals surface area contributed by atoms with Gasteiger partial charge < -0.3 is 10.5 Å². The third-order valence-electron chi connectivity index (χ3n) is 3.52. The van der Waals surface area contributed by atoms with Gasteiger partial charge in [-0.2, -0.15) is 0 Å². The van der Waals surface area contributed by atoms with Gasteiger partial charge >= 0.3 is 0 Å². The van der Waals surface area contributed by atoms with Crippen LogP contribution < -0.4 is 10.5 Å². The largest absolute Gasteiger partial charge is 0.497 e. The van der Waals surface area contributed by atoms with Crippen molar-refractivity contribution < 1.29 is 9.13 Å². The smallest absolute Gasteiger partial charge is 0.134 e. The lowest BCUT2D eigenvalue weighted by Crippen LogP contribution is -2.12. The van der Waals surface area contributed by atoms with Crippen molar-refractivity contribution in [1.29, 1.82) is 5.41 Å². The number of thiophene rings is 1. The Bertz CT molecular complexity index is 856. The Balaban J connectivity index is 1.92. The van der Waals surface area contributed by atoms with Gasteiger partial charge in [0.25, 0.3) is 0 Å². The van der Waals surface area contributed by atoms with Crippen molar-refractivity contribution in [3.05, 3.63) is 66.0 Å². The van der Waals surface area contributed by atoms with Gasteiger partial charge in [0.1, 0.15) is 17.4 Å². The topological polar surface area (TPSA) is 59.1 Å². The minimum Gasteiger partial charge on any atom is -0.497 e. The summed E-state index contributed by atoms with van der Waals surface area (Å²) >= 11 is 1.58. The molecular weight excluding hydrogens is 311 g/mol. The molecule has 2 aromatic carbocycles. The van der Waals surface area contributed by atoms with Gasteiger partial charge in [-0.3, -0.25) is 5.41 Å². The van der Waals surface area contributed by atoms with E-state index in [4.69, 9.17) is 15.9 Å². The van der Waals surface area contributed by atoms with Crippen LogP contribution in [-0.2, 0) is 0 Å². The molecule has 5 heteroatoms. The first-order valence-corrected chi connectivity index (χ1v) is 7.78. The molecule has 0 amide bonds. The van der Waals surface area contributed by atoms with E-state index in [1.54, 1.807) is 30.6 Å². The van der Waals surface area contributed by atoms with Crippen LogP contribution in [0.1, 0.15) is 5.56 Å². The number of nitrogens with one attached hydrogen (secondary N) is 1. The van der Waals surface area contributed by atoms with Crippen molar-refractivity contribution in [2.45, 2.75) is 0 Å². The number of nitrogens with two attached hydrogens (primary N) is 1. The molecule has 3 N–H and O–H groups in total. The molecule has 1 heterocycles. The molecule has 116 valence electrons. The lowest BCUT2D eigenvalue weighted by atomic mass is 10.1. The van der Waals surface area contributed by atoms with Crippen LogP contribution in [0.4, 0.5) is 4.39 Å². The summed E-state index contributed by atoms with van der Waals surface area (Å²) in [6.45, 7) is 0. The Morgan fingerprint density at radius 3 is 2.17 bits per heavy atom. The molecule has 0 fully saturated rings. The molecule has 1 aromatic heterocycles. The third kappa shape index (κ3) is 3.10. The van der Waals surface area contributed by atoms with Crippen LogP contribution in [0, 0.1) is 11.2 Å². The second-order valence-corrected chi connectivity index (χ2v) is 6.08. The molecule has 0 aliphatic carbocycles. The Morgan fingerprint density at radius 2 is 1.61 bits per heavy atom. The Kier molecular flexibility index (Phi) is 4.12. The molecule has 0 spiro atoms. The number of rotatable bonds is 4. The fraction of sp³-hybridized carbons (Fsp3) is 0.0556. The summed E-state index contributed by atoms with van der Waals surface area (Å²) in [5, 5.41) is 7.33. The van der Waals surface area contributed by atoms with Crippen molar-refractivity contribution >= 4 is 17.2 Å². The predicted octanol–water partition coefficient (Wildman–Crippen LogP) is 4.51. The molecule has 0 aliphatic heterocycles. The van der Waals surface area contributed by atoms with Crippen LogP contribution >= 0.6 is 11.3 Å². The van der Waals surface area contributed by atoms with E-state index < -0.39 is 5.82 Å². The van der Waals surface area contributed by atoms with Gasteiger partial charge in [0.2, 0.25) is 0 Å². The van der Waals surface area contributed by atoms with Crippen LogP contribution in [-0.4, -0.2) is 12.9 Å². The van der Waals surface area contributed by atoms with E-state index in [9.17, 15) is 4.39 Å². The van der Waals surface area contributed by atoms with Gasteiger partial charge in [-0.25, -0.2) is 4.39 Å². The van der Waals surface area contributed by atoms with Gasteiger partial charge in [0, 0.05) is 9.75 Å². The number of methoxy groups -OCH3 is 1. The minimum absolute atomic E-state index is 0.126. The van der Waals surface area contributed by atoms with E-state index >= 15 is 0 Å². The van der Waals surface area contributed by atoms with Crippen molar-refractivity contribution in [2.24, 2.45) is 5.73 Å². The summed E-state index contributed by atoms with van der Waals surface area (Å²) in [6.07, 6.45) is 0. The van der Waals surface area contributed by atoms with E-state index in [2.05, 4.69) is 0 Å². The maximum atomic E-state index is 14.0. The molecule has 0 saturated heterocycles. The van der Waals surface area contributed by atoms with Crippen molar-refractivity contribution in [1.82, 2.24) is 0 Å². The number of hydrogen-bond acceptors (Lipinski definition) is 3. The molecule has 0 atom stereocenters. The molecule has 23 heavy (non-hydrogen) atoms. The van der Waals surface area contributed by atoms with Gasteiger partial charge in [-0.1, -0.05) is 6.07 Å². The summed E-state index contributed by atoms with van der Waals surface area (Å²) in [7, 11) is 1.64. The summed E-state index contributed by atoms with van der Waals surface area (Å²) in [5.74, 6) is 0.0703. The maximum Gasteiger partial charge on any atom is 0.134 e. The highest BCUT2D eigenvalue weighted by atomic mass is 32.1. The molecule has 0 unspecified atom stereocenters. The van der Waals surface area contributed by atoms with E-state index in [1.165, 1.54) is 6.07 Å². The lowest BCUT2D eigenvalue weighted by molar-refractivity contribution is 0.415. The molecule has 3 aromatic rings. The molecule has 0 radical (unpaired) electrons. The highest BCUT2D eigenvalue weighted by molar-refractivity contribution is 7.18. The van der Waals surface area contributed by atoms with Crippen LogP contribution in [0.25, 0.3) is 20.9 Å². The van der Waals surface area contributed by atoms with E-state index in [-0.39, 0.29) is 11.4 Å². The van der Waals surface area contributed by atoms with E-state index in [1.807, 2.05) is 36.4 Å². The number of benzene rings is 2. The first kappa shape index (κ1) is 15.2. The molecule has 0 bridgehead atoms. The number of nitrogen functional groups attached to an aromatic ring is 1. The summed E-state index contributed by atoms with van der Waals surface area (Å²) in [6, 6.07) is 16.5. The number of amidine groups is 1. The van der Waals surface area contributed by atoms with Crippen molar-refractivity contribution in [3.63, 3.8) is 0 Å². The highest BCUT2D eigenvalue weighted by Crippen LogP contribution is 2.35. The third-order valence-corrected chi connectivity index (χ3v) is 4.71. The molecule has 0 aliphatic rings. The first-order valence-electron chi connectivity index (χ1n) is 6.97. The normalized spacial score (nSPS) is 10.5. The predicted molar refractivity (Wildman–Crippen MR) is 92.7 cm³/mol. The fourth-order valence-electron chi connectivity index (χ4n) is 2.29. The Morgan fingerprint density at radius 1 is 1.00 bits per heavy atom. The van der Waals surface area contributed by atoms with Crippen molar-refractivity contribution in [3.8, 4) is 26.6 Å². The maximum absolute atomic E-state index is 14.0. The monoisotopic (exact) mass is 326 g/mol. The Hall–Kier alpha value is -2.66. The van der Waals surface area contributed by atoms with E-state index in [0.29, 0.717) is 0 Å².